The van der Waals surface area contributed by atoms with E-state index in [1.807, 2.05) is 30.3 Å². The molecule has 0 aliphatic heterocycles. The molecule has 6 heteroatoms. The van der Waals surface area contributed by atoms with Gasteiger partial charge in [-0.25, -0.2) is 4.98 Å². The Labute approximate surface area is 124 Å². The van der Waals surface area contributed by atoms with Crippen molar-refractivity contribution in [3.63, 3.8) is 0 Å². The number of rotatable bonds is 2. The number of fused-ring (bicyclic) bond motifs is 1. The zero-order valence-electron chi connectivity index (χ0n) is 11.3. The van der Waals surface area contributed by atoms with Crippen molar-refractivity contribution in [2.75, 3.05) is 0 Å². The van der Waals surface area contributed by atoms with Crippen LogP contribution in [0, 0.1) is 0 Å². The lowest BCUT2D eigenvalue weighted by molar-refractivity contribution is 0.371. The van der Waals surface area contributed by atoms with Crippen LogP contribution in [0.4, 0.5) is 0 Å². The van der Waals surface area contributed by atoms with Gasteiger partial charge in [-0.1, -0.05) is 36.4 Å². The number of phenolic OH excluding ortho intramolecular Hbond substituents is 3. The van der Waals surface area contributed by atoms with Crippen molar-refractivity contribution in [1.82, 2.24) is 9.97 Å². The molecule has 0 spiro atoms. The molecule has 3 aromatic rings. The third-order valence-electron chi connectivity index (χ3n) is 3.18. The van der Waals surface area contributed by atoms with Gasteiger partial charge in [0.2, 0.25) is 5.75 Å². The number of phenols is 3. The number of hydrogen-bond acceptors (Lipinski definition) is 5. The molecule has 0 aliphatic carbocycles. The Kier molecular flexibility index (Phi) is 3.27. The van der Waals surface area contributed by atoms with Gasteiger partial charge in [0.15, 0.2) is 11.5 Å². The fourth-order valence-electron chi connectivity index (χ4n) is 2.10. The van der Waals surface area contributed by atoms with Crippen LogP contribution in [0.25, 0.3) is 23.1 Å². The number of aromatic amines is 1. The first kappa shape index (κ1) is 13.7. The van der Waals surface area contributed by atoms with E-state index in [1.165, 1.54) is 0 Å². The van der Waals surface area contributed by atoms with Gasteiger partial charge in [0.05, 0.1) is 5.52 Å². The zero-order valence-corrected chi connectivity index (χ0v) is 11.3. The summed E-state index contributed by atoms with van der Waals surface area (Å²) in [5.41, 5.74) is 0.413. The normalized spacial score (nSPS) is 11.3. The second kappa shape index (κ2) is 5.25. The molecule has 0 saturated carbocycles. The van der Waals surface area contributed by atoms with Gasteiger partial charge < -0.3 is 20.3 Å². The number of benzene rings is 2. The Bertz CT molecular complexity index is 930. The molecule has 0 unspecified atom stereocenters. The molecule has 0 fully saturated rings. The molecule has 110 valence electrons. The minimum Gasteiger partial charge on any atom is -0.504 e. The lowest BCUT2D eigenvalue weighted by atomic mass is 10.2. The highest BCUT2D eigenvalue weighted by Crippen LogP contribution is 2.38. The van der Waals surface area contributed by atoms with Gasteiger partial charge in [-0.3, -0.25) is 4.79 Å². The number of aromatic hydroxyl groups is 3. The molecule has 2 aromatic carbocycles. The molecule has 0 atom stereocenters. The molecule has 0 radical (unpaired) electrons. The largest absolute Gasteiger partial charge is 0.504 e. The fourth-order valence-corrected chi connectivity index (χ4v) is 2.10. The second-order valence-corrected chi connectivity index (χ2v) is 4.68. The minimum atomic E-state index is -0.743. The van der Waals surface area contributed by atoms with Crippen LogP contribution in [0.3, 0.4) is 0 Å². The van der Waals surface area contributed by atoms with Crippen molar-refractivity contribution in [2.24, 2.45) is 0 Å². The highest BCUT2D eigenvalue weighted by Gasteiger charge is 2.15. The van der Waals surface area contributed by atoms with E-state index in [-0.39, 0.29) is 16.7 Å². The molecule has 0 saturated heterocycles. The smallest absolute Gasteiger partial charge is 0.262 e. The summed E-state index contributed by atoms with van der Waals surface area (Å²) in [6.45, 7) is 0. The minimum absolute atomic E-state index is 0.0873. The van der Waals surface area contributed by atoms with E-state index in [9.17, 15) is 20.1 Å². The van der Waals surface area contributed by atoms with Crippen LogP contribution < -0.4 is 5.56 Å². The van der Waals surface area contributed by atoms with Crippen LogP contribution in [-0.2, 0) is 0 Å². The number of hydrogen-bond donors (Lipinski definition) is 4. The van der Waals surface area contributed by atoms with Crippen molar-refractivity contribution in [2.45, 2.75) is 0 Å². The summed E-state index contributed by atoms with van der Waals surface area (Å²) in [6, 6.07) is 10.6. The maximum absolute atomic E-state index is 12.0. The summed E-state index contributed by atoms with van der Waals surface area (Å²) in [7, 11) is 0. The summed E-state index contributed by atoms with van der Waals surface area (Å²) in [5, 5.41) is 28.5. The highest BCUT2D eigenvalue weighted by molar-refractivity contribution is 5.89. The van der Waals surface area contributed by atoms with Crippen molar-refractivity contribution in [3.8, 4) is 17.2 Å². The predicted molar refractivity (Wildman–Crippen MR) is 82.7 cm³/mol. The number of aromatic nitrogens is 2. The van der Waals surface area contributed by atoms with E-state index in [4.69, 9.17) is 0 Å². The van der Waals surface area contributed by atoms with E-state index < -0.39 is 22.8 Å². The molecular weight excluding hydrogens is 284 g/mol. The Morgan fingerprint density at radius 2 is 1.73 bits per heavy atom. The van der Waals surface area contributed by atoms with E-state index in [1.54, 1.807) is 12.2 Å². The Morgan fingerprint density at radius 3 is 2.45 bits per heavy atom. The second-order valence-electron chi connectivity index (χ2n) is 4.68. The van der Waals surface area contributed by atoms with Crippen LogP contribution in [-0.4, -0.2) is 25.3 Å². The highest BCUT2D eigenvalue weighted by atomic mass is 16.3. The Hall–Kier alpha value is -3.28. The van der Waals surface area contributed by atoms with Gasteiger partial charge >= 0.3 is 0 Å². The molecule has 3 rings (SSSR count). The van der Waals surface area contributed by atoms with Crippen molar-refractivity contribution in [3.05, 3.63) is 58.1 Å². The molecule has 0 amide bonds. The number of nitrogens with one attached hydrogen (secondary N) is 1. The zero-order chi connectivity index (χ0) is 15.7. The van der Waals surface area contributed by atoms with Crippen LogP contribution in [0.5, 0.6) is 17.2 Å². The summed E-state index contributed by atoms with van der Waals surface area (Å²) < 4.78 is 0. The van der Waals surface area contributed by atoms with E-state index >= 15 is 0 Å². The van der Waals surface area contributed by atoms with Crippen molar-refractivity contribution >= 4 is 23.1 Å². The van der Waals surface area contributed by atoms with Gasteiger partial charge in [0, 0.05) is 6.07 Å². The fraction of sp³-hybridized carbons (Fsp3) is 0. The van der Waals surface area contributed by atoms with Gasteiger partial charge in [-0.2, -0.15) is 0 Å². The third kappa shape index (κ3) is 2.37. The molecule has 1 heterocycles. The predicted octanol–water partition coefficient (Wildman–Crippen LogP) is 2.21. The summed E-state index contributed by atoms with van der Waals surface area (Å²) >= 11 is 0. The lowest BCUT2D eigenvalue weighted by Gasteiger charge is -2.05. The monoisotopic (exact) mass is 296 g/mol. The van der Waals surface area contributed by atoms with Crippen LogP contribution in [0.2, 0.25) is 0 Å². The standard InChI is InChI=1S/C16H12N2O4/c19-11-8-10-13(15(21)14(11)20)16(22)18-12(17-10)7-6-9-4-2-1-3-5-9/h1-8,19-21H,(H,17,18,22)/b7-6+. The first-order valence-corrected chi connectivity index (χ1v) is 6.47. The average Bonchev–Trinajstić information content (AvgIpc) is 2.51. The van der Waals surface area contributed by atoms with E-state index in [2.05, 4.69) is 9.97 Å². The topological polar surface area (TPSA) is 106 Å². The van der Waals surface area contributed by atoms with Gasteiger partial charge in [-0.15, -0.1) is 0 Å². The molecule has 1 aromatic heterocycles. The van der Waals surface area contributed by atoms with E-state index in [0.717, 1.165) is 11.6 Å². The van der Waals surface area contributed by atoms with Crippen LogP contribution in [0.15, 0.2) is 41.2 Å². The molecule has 4 N–H and O–H groups in total. The lowest BCUT2D eigenvalue weighted by Crippen LogP contribution is -2.09. The number of H-pyrrole nitrogens is 1. The van der Waals surface area contributed by atoms with Gasteiger partial charge in [0.25, 0.3) is 5.56 Å². The Morgan fingerprint density at radius 1 is 1.00 bits per heavy atom. The summed E-state index contributed by atoms with van der Waals surface area (Å²) in [4.78, 5) is 18.7. The van der Waals surface area contributed by atoms with Crippen LogP contribution in [0.1, 0.15) is 11.4 Å². The summed E-state index contributed by atoms with van der Waals surface area (Å²) in [5.74, 6) is -1.71. The molecule has 0 bridgehead atoms. The molecule has 22 heavy (non-hydrogen) atoms. The molecular formula is C16H12N2O4. The molecule has 6 nitrogen and oxygen atoms in total. The summed E-state index contributed by atoms with van der Waals surface area (Å²) in [6.07, 6.45) is 3.38. The Balaban J connectivity index is 2.12. The SMILES string of the molecule is O=c1[nH]c(/C=C/c2ccccc2)nc2cc(O)c(O)c(O)c12. The first-order chi connectivity index (χ1) is 10.6. The number of nitrogens with zero attached hydrogens (tertiary/aromatic N) is 1. The van der Waals surface area contributed by atoms with Gasteiger partial charge in [0.1, 0.15) is 11.2 Å². The quantitative estimate of drug-likeness (QED) is 0.542. The molecule has 0 aliphatic rings. The van der Waals surface area contributed by atoms with Crippen molar-refractivity contribution < 1.29 is 15.3 Å². The van der Waals surface area contributed by atoms with E-state index in [0.29, 0.717) is 0 Å². The van der Waals surface area contributed by atoms with Crippen molar-refractivity contribution in [1.29, 1.82) is 0 Å². The maximum atomic E-state index is 12.0. The van der Waals surface area contributed by atoms with Gasteiger partial charge in [-0.05, 0) is 11.6 Å². The average molecular weight is 296 g/mol. The third-order valence-corrected chi connectivity index (χ3v) is 3.18. The first-order valence-electron chi connectivity index (χ1n) is 6.47. The van der Waals surface area contributed by atoms with Crippen LogP contribution >= 0.6 is 0 Å². The maximum Gasteiger partial charge on any atom is 0.262 e.